The van der Waals surface area contributed by atoms with Crippen molar-refractivity contribution in [2.24, 2.45) is 5.73 Å². The molecule has 0 aliphatic heterocycles. The molecule has 0 rings (SSSR count). The molecule has 0 aromatic heterocycles. The molecule has 0 heterocycles. The van der Waals surface area contributed by atoms with Gasteiger partial charge in [-0.3, -0.25) is 10.1 Å². The van der Waals surface area contributed by atoms with Gasteiger partial charge in [-0.15, -0.1) is 0 Å². The topological polar surface area (TPSA) is 92.4 Å². The minimum Gasteiger partial charge on any atom is -0.465 e. The van der Waals surface area contributed by atoms with Crippen LogP contribution in [0.2, 0.25) is 0 Å². The summed E-state index contributed by atoms with van der Waals surface area (Å²) in [7, 11) is 0. The van der Waals surface area contributed by atoms with Gasteiger partial charge in [-0.2, -0.15) is 0 Å². The van der Waals surface area contributed by atoms with Crippen LogP contribution in [-0.2, 0) is 4.79 Å². The average Bonchev–Trinajstić information content (AvgIpc) is 1.65. The Hall–Kier alpha value is -1.10. The molecule has 5 nitrogen and oxygen atoms in total. The molecule has 4 N–H and O–H groups in total. The summed E-state index contributed by atoms with van der Waals surface area (Å²) < 4.78 is 0. The van der Waals surface area contributed by atoms with E-state index in [-0.39, 0.29) is 6.54 Å². The van der Waals surface area contributed by atoms with Crippen molar-refractivity contribution < 1.29 is 14.7 Å². The third kappa shape index (κ3) is 3.10. The zero-order chi connectivity index (χ0) is 6.57. The Labute approximate surface area is 45.5 Å². The number of carbonyl (C=O) groups excluding carboxylic acids is 1. The molecule has 46 valence electrons. The molecule has 0 unspecified atom stereocenters. The first kappa shape index (κ1) is 6.90. The van der Waals surface area contributed by atoms with Crippen LogP contribution < -0.4 is 11.1 Å². The lowest BCUT2D eigenvalue weighted by Gasteiger charge is -1.91. The van der Waals surface area contributed by atoms with Crippen molar-refractivity contribution in [2.45, 2.75) is 0 Å². The average molecular weight is 118 g/mol. The van der Waals surface area contributed by atoms with Gasteiger partial charge in [0, 0.05) is 0 Å². The molecule has 0 aliphatic rings. The second-order valence-corrected chi connectivity index (χ2v) is 1.06. The van der Waals surface area contributed by atoms with E-state index in [4.69, 9.17) is 10.8 Å². The maximum Gasteiger partial charge on any atom is 0.411 e. The highest BCUT2D eigenvalue weighted by Crippen LogP contribution is 1.59. The van der Waals surface area contributed by atoms with Crippen LogP contribution in [-0.4, -0.2) is 23.7 Å². The van der Waals surface area contributed by atoms with E-state index in [1.54, 1.807) is 5.32 Å². The van der Waals surface area contributed by atoms with Crippen LogP contribution in [0, 0.1) is 0 Å². The number of imide groups is 1. The monoisotopic (exact) mass is 118 g/mol. The van der Waals surface area contributed by atoms with Crippen molar-refractivity contribution in [1.82, 2.24) is 5.32 Å². The van der Waals surface area contributed by atoms with Crippen molar-refractivity contribution >= 4 is 12.0 Å². The molecule has 0 spiro atoms. The van der Waals surface area contributed by atoms with Crippen molar-refractivity contribution in [3.8, 4) is 0 Å². The van der Waals surface area contributed by atoms with Gasteiger partial charge >= 0.3 is 6.09 Å². The Kier molecular flexibility index (Phi) is 2.57. The molecule has 0 atom stereocenters. The second kappa shape index (κ2) is 2.98. The fourth-order valence-electron chi connectivity index (χ4n) is 0.170. The molecule has 5 heteroatoms. The van der Waals surface area contributed by atoms with Gasteiger partial charge in [0.25, 0.3) is 0 Å². The molecule has 2 amide bonds. The summed E-state index contributed by atoms with van der Waals surface area (Å²) in [6.45, 7) is -0.299. The molecule has 0 radical (unpaired) electrons. The molecular formula is C3H6N2O3. The van der Waals surface area contributed by atoms with Crippen molar-refractivity contribution in [1.29, 1.82) is 0 Å². The highest BCUT2D eigenvalue weighted by atomic mass is 16.4. The number of hydrogen-bond acceptors (Lipinski definition) is 3. The Bertz CT molecular complexity index is 111. The van der Waals surface area contributed by atoms with Crippen molar-refractivity contribution in [3.05, 3.63) is 0 Å². The third-order valence-electron chi connectivity index (χ3n) is 0.432. The van der Waals surface area contributed by atoms with E-state index < -0.39 is 12.0 Å². The zero-order valence-corrected chi connectivity index (χ0v) is 4.05. The third-order valence-corrected chi connectivity index (χ3v) is 0.432. The fourth-order valence-corrected chi connectivity index (χ4v) is 0.170. The number of carbonyl (C=O) groups is 2. The lowest BCUT2D eigenvalue weighted by Crippen LogP contribution is -2.34. The predicted molar refractivity (Wildman–Crippen MR) is 25.2 cm³/mol. The standard InChI is InChI=1S/C3H6N2O3/c4-1-2(6)5-3(7)8/h1,4H2,(H,5,6)(H,7,8). The predicted octanol–water partition coefficient (Wildman–Crippen LogP) is -1.26. The van der Waals surface area contributed by atoms with Crippen LogP contribution in [0.5, 0.6) is 0 Å². The molecule has 0 saturated heterocycles. The molecule has 8 heavy (non-hydrogen) atoms. The quantitative estimate of drug-likeness (QED) is 0.400. The van der Waals surface area contributed by atoms with Gasteiger partial charge in [0.2, 0.25) is 5.91 Å². The van der Waals surface area contributed by atoms with E-state index in [1.807, 2.05) is 0 Å². The Morgan fingerprint density at radius 1 is 1.62 bits per heavy atom. The molecule has 0 fully saturated rings. The van der Waals surface area contributed by atoms with Gasteiger partial charge in [-0.25, -0.2) is 4.79 Å². The number of hydrogen-bond donors (Lipinski definition) is 3. The van der Waals surface area contributed by atoms with E-state index in [2.05, 4.69) is 0 Å². The maximum absolute atomic E-state index is 10.0. The Balaban J connectivity index is 3.40. The summed E-state index contributed by atoms with van der Waals surface area (Å²) in [6.07, 6.45) is -1.37. The van der Waals surface area contributed by atoms with Crippen molar-refractivity contribution in [2.75, 3.05) is 6.54 Å². The molecular weight excluding hydrogens is 112 g/mol. The number of nitrogens with one attached hydrogen (secondary N) is 1. The summed E-state index contributed by atoms with van der Waals surface area (Å²) in [5, 5.41) is 9.37. The molecule has 0 aliphatic carbocycles. The van der Waals surface area contributed by atoms with Crippen LogP contribution in [0.3, 0.4) is 0 Å². The maximum atomic E-state index is 10.0. The second-order valence-electron chi connectivity index (χ2n) is 1.06. The summed E-state index contributed by atoms with van der Waals surface area (Å²) in [5.74, 6) is -0.697. The number of nitrogens with two attached hydrogens (primary N) is 1. The van der Waals surface area contributed by atoms with E-state index in [1.165, 1.54) is 0 Å². The first-order valence-electron chi connectivity index (χ1n) is 1.89. The first-order valence-corrected chi connectivity index (χ1v) is 1.89. The van der Waals surface area contributed by atoms with Gasteiger partial charge in [-0.1, -0.05) is 0 Å². The molecule has 0 bridgehead atoms. The van der Waals surface area contributed by atoms with E-state index in [9.17, 15) is 9.59 Å². The van der Waals surface area contributed by atoms with Gasteiger partial charge in [0.15, 0.2) is 0 Å². The summed E-state index contributed by atoms with van der Waals surface area (Å²) >= 11 is 0. The van der Waals surface area contributed by atoms with Gasteiger partial charge < -0.3 is 10.8 Å². The van der Waals surface area contributed by atoms with Crippen LogP contribution >= 0.6 is 0 Å². The fraction of sp³-hybridized carbons (Fsp3) is 0.333. The summed E-state index contributed by atoms with van der Waals surface area (Å²) in [4.78, 5) is 19.6. The van der Waals surface area contributed by atoms with E-state index in [0.29, 0.717) is 0 Å². The number of carboxylic acid groups (broad SMARTS) is 1. The van der Waals surface area contributed by atoms with Gasteiger partial charge in [0.05, 0.1) is 6.54 Å². The van der Waals surface area contributed by atoms with Gasteiger partial charge in [0.1, 0.15) is 0 Å². The molecule has 0 aromatic rings. The van der Waals surface area contributed by atoms with Crippen molar-refractivity contribution in [3.63, 3.8) is 0 Å². The minimum atomic E-state index is -1.37. The highest BCUT2D eigenvalue weighted by Gasteiger charge is 1.99. The molecule has 0 saturated carbocycles. The van der Waals surface area contributed by atoms with Crippen LogP contribution in [0.1, 0.15) is 0 Å². The van der Waals surface area contributed by atoms with E-state index in [0.717, 1.165) is 0 Å². The summed E-state index contributed by atoms with van der Waals surface area (Å²) in [6, 6.07) is 0. The van der Waals surface area contributed by atoms with Crippen LogP contribution in [0.25, 0.3) is 0 Å². The zero-order valence-electron chi connectivity index (χ0n) is 4.05. The van der Waals surface area contributed by atoms with Gasteiger partial charge in [-0.05, 0) is 0 Å². The normalized spacial score (nSPS) is 8.12. The van der Waals surface area contributed by atoms with E-state index >= 15 is 0 Å². The lowest BCUT2D eigenvalue weighted by molar-refractivity contribution is -0.118. The lowest BCUT2D eigenvalue weighted by atomic mass is 10.6. The molecule has 0 aromatic carbocycles. The SMILES string of the molecule is NCC(=O)NC(=O)O. The first-order chi connectivity index (χ1) is 3.66. The Morgan fingerprint density at radius 3 is 2.25 bits per heavy atom. The highest BCUT2D eigenvalue weighted by molar-refractivity contribution is 5.91. The van der Waals surface area contributed by atoms with Crippen LogP contribution in [0.4, 0.5) is 4.79 Å². The summed E-state index contributed by atoms with van der Waals surface area (Å²) in [5.41, 5.74) is 4.74. The minimum absolute atomic E-state index is 0.299. The Morgan fingerprint density at radius 2 is 2.12 bits per heavy atom. The smallest absolute Gasteiger partial charge is 0.411 e. The number of rotatable bonds is 1. The van der Waals surface area contributed by atoms with Crippen LogP contribution in [0.15, 0.2) is 0 Å². The number of amides is 2. The largest absolute Gasteiger partial charge is 0.465 e.